The van der Waals surface area contributed by atoms with Crippen molar-refractivity contribution in [2.45, 2.75) is 39.0 Å². The number of amides is 3. The minimum atomic E-state index is -1.65. The molecule has 2 unspecified atom stereocenters. The number of nitrogens with two attached hydrogens (primary N) is 1. The van der Waals surface area contributed by atoms with Gasteiger partial charge in [0.2, 0.25) is 5.91 Å². The van der Waals surface area contributed by atoms with Crippen LogP contribution in [0.25, 0.3) is 0 Å². The van der Waals surface area contributed by atoms with Gasteiger partial charge in [-0.05, 0) is 80.3 Å². The molecule has 10 heteroatoms. The molecule has 4 rings (SSSR count). The molecule has 3 N–H and O–H groups in total. The molecule has 0 spiro atoms. The molecule has 2 saturated heterocycles. The van der Waals surface area contributed by atoms with Gasteiger partial charge in [-0.1, -0.05) is 6.58 Å². The molecule has 2 aromatic carbocycles. The average Bonchev–Trinajstić information content (AvgIpc) is 2.90. The van der Waals surface area contributed by atoms with Crippen LogP contribution in [0.15, 0.2) is 65.7 Å². The van der Waals surface area contributed by atoms with Gasteiger partial charge in [0, 0.05) is 30.9 Å². The highest BCUT2D eigenvalue weighted by molar-refractivity contribution is 6.54. The number of alkyl halides is 1. The Bertz CT molecular complexity index is 1290. The highest BCUT2D eigenvalue weighted by Gasteiger charge is 2.37. The van der Waals surface area contributed by atoms with Crippen molar-refractivity contribution >= 4 is 46.2 Å². The van der Waals surface area contributed by atoms with Gasteiger partial charge in [-0.3, -0.25) is 19.8 Å². The number of benzene rings is 2. The van der Waals surface area contributed by atoms with Crippen LogP contribution in [-0.2, 0) is 14.4 Å². The summed E-state index contributed by atoms with van der Waals surface area (Å²) in [6.45, 7) is 5.95. The number of primary amides is 1. The predicted molar refractivity (Wildman–Crippen MR) is 144 cm³/mol. The lowest BCUT2D eigenvalue weighted by Crippen LogP contribution is -2.50. The number of ether oxygens (including phenoxy) is 1. The largest absolute Gasteiger partial charge is 0.457 e. The Morgan fingerprint density at radius 2 is 1.71 bits per heavy atom. The summed E-state index contributed by atoms with van der Waals surface area (Å²) < 4.78 is 19.0. The Labute approximate surface area is 220 Å². The summed E-state index contributed by atoms with van der Waals surface area (Å²) >= 11 is 0. The van der Waals surface area contributed by atoms with E-state index >= 15 is 0 Å². The van der Waals surface area contributed by atoms with E-state index in [0.717, 1.165) is 18.5 Å². The summed E-state index contributed by atoms with van der Waals surface area (Å²) in [7, 11) is 0. The molecule has 0 aliphatic carbocycles. The monoisotopic (exact) mass is 519 g/mol. The van der Waals surface area contributed by atoms with Crippen LogP contribution < -0.4 is 20.3 Å². The molecule has 2 aliphatic rings. The summed E-state index contributed by atoms with van der Waals surface area (Å²) in [6, 6.07) is 13.3. The Morgan fingerprint density at radius 3 is 2.29 bits per heavy atom. The van der Waals surface area contributed by atoms with Crippen LogP contribution in [0.1, 0.15) is 32.6 Å². The number of carbonyl (C=O) groups excluding carboxylic acids is 3. The van der Waals surface area contributed by atoms with Gasteiger partial charge in [0.1, 0.15) is 17.2 Å². The van der Waals surface area contributed by atoms with Crippen molar-refractivity contribution in [2.24, 2.45) is 16.6 Å². The van der Waals surface area contributed by atoms with Crippen molar-refractivity contribution in [1.29, 1.82) is 5.41 Å². The topological polar surface area (TPSA) is 129 Å². The molecule has 9 nitrogen and oxygen atoms in total. The van der Waals surface area contributed by atoms with Crippen molar-refractivity contribution in [3.63, 3.8) is 0 Å². The highest BCUT2D eigenvalue weighted by Crippen LogP contribution is 2.29. The third-order valence-electron chi connectivity index (χ3n) is 6.56. The lowest BCUT2D eigenvalue weighted by molar-refractivity contribution is -0.119. The number of hydrogen-bond acceptors (Lipinski definition) is 6. The molecule has 0 bridgehead atoms. The fourth-order valence-corrected chi connectivity index (χ4v) is 4.46. The molecule has 2 fully saturated rings. The zero-order valence-corrected chi connectivity index (χ0v) is 21.2. The first-order chi connectivity index (χ1) is 18.2. The van der Waals surface area contributed by atoms with Crippen LogP contribution in [0.3, 0.4) is 0 Å². The Kier molecular flexibility index (Phi) is 7.99. The summed E-state index contributed by atoms with van der Waals surface area (Å²) in [5.74, 6) is -1.90. The van der Waals surface area contributed by atoms with Crippen LogP contribution in [0.4, 0.5) is 21.5 Å². The maximum Gasteiger partial charge on any atom is 0.273 e. The minimum Gasteiger partial charge on any atom is -0.457 e. The number of carbonyl (C=O) groups is 3. The maximum absolute atomic E-state index is 13.8. The summed E-state index contributed by atoms with van der Waals surface area (Å²) in [5.41, 5.74) is 6.96. The average molecular weight is 520 g/mol. The Morgan fingerprint density at radius 1 is 1.08 bits per heavy atom. The predicted octanol–water partition coefficient (Wildman–Crippen LogP) is 4.08. The van der Waals surface area contributed by atoms with E-state index in [1.54, 1.807) is 29.2 Å². The van der Waals surface area contributed by atoms with E-state index in [1.165, 1.54) is 24.0 Å². The molecular weight excluding hydrogens is 489 g/mol. The molecule has 2 heterocycles. The van der Waals surface area contributed by atoms with Gasteiger partial charge in [-0.15, -0.1) is 0 Å². The van der Waals surface area contributed by atoms with Gasteiger partial charge in [0.25, 0.3) is 18.2 Å². The first-order valence-electron chi connectivity index (χ1n) is 12.4. The molecule has 0 radical (unpaired) electrons. The molecule has 38 heavy (non-hydrogen) atoms. The number of aliphatic imine (C=N–C) groups is 1. The molecular formula is C28H30FN5O4. The van der Waals surface area contributed by atoms with Crippen LogP contribution in [0, 0.1) is 11.3 Å². The first-order valence-corrected chi connectivity index (χ1v) is 12.4. The van der Waals surface area contributed by atoms with E-state index in [4.69, 9.17) is 15.9 Å². The summed E-state index contributed by atoms with van der Waals surface area (Å²) in [5, 5.41) is 8.17. The number of hydrogen-bond donors (Lipinski definition) is 2. The first kappa shape index (κ1) is 26.7. The third kappa shape index (κ3) is 5.80. The molecule has 0 aromatic heterocycles. The summed E-state index contributed by atoms with van der Waals surface area (Å²) in [4.78, 5) is 45.4. The van der Waals surface area contributed by atoms with Gasteiger partial charge in [-0.25, -0.2) is 4.99 Å². The standard InChI is InChI=1S/C28H30FN5O4/c1-17(2)26(29)38-21-12-6-18(7-13-21)32-25-22(24(30)27(31)36)14-16-34(28(25)37)20-10-8-19(9-11-20)33-15-4-3-5-23(33)35/h6-13,22,26,30H,1,3-5,14-16H2,2H3,(H2,31,36). The molecule has 2 aromatic rings. The van der Waals surface area contributed by atoms with E-state index in [2.05, 4.69) is 11.6 Å². The number of nitrogens with one attached hydrogen (secondary N) is 1. The van der Waals surface area contributed by atoms with Crippen molar-refractivity contribution in [1.82, 2.24) is 0 Å². The number of nitrogens with zero attached hydrogens (tertiary/aromatic N) is 3. The normalized spacial score (nSPS) is 19.8. The summed E-state index contributed by atoms with van der Waals surface area (Å²) in [6.07, 6.45) is 0.984. The Hall–Kier alpha value is -4.34. The zero-order chi connectivity index (χ0) is 27.4. The smallest absolute Gasteiger partial charge is 0.273 e. The van der Waals surface area contributed by atoms with Crippen LogP contribution in [0.5, 0.6) is 5.75 Å². The van der Waals surface area contributed by atoms with Crippen molar-refractivity contribution in [3.8, 4) is 5.75 Å². The molecule has 0 saturated carbocycles. The van der Waals surface area contributed by atoms with E-state index < -0.39 is 29.8 Å². The highest BCUT2D eigenvalue weighted by atomic mass is 19.1. The number of anilines is 2. The van der Waals surface area contributed by atoms with E-state index in [9.17, 15) is 18.8 Å². The maximum atomic E-state index is 13.8. The second-order valence-corrected chi connectivity index (χ2v) is 9.37. The van der Waals surface area contributed by atoms with Gasteiger partial charge < -0.3 is 20.3 Å². The molecule has 2 aliphatic heterocycles. The Balaban J connectivity index is 1.60. The van der Waals surface area contributed by atoms with E-state index in [-0.39, 0.29) is 35.9 Å². The number of halogens is 1. The quantitative estimate of drug-likeness (QED) is 0.402. The van der Waals surface area contributed by atoms with Crippen molar-refractivity contribution < 1.29 is 23.5 Å². The molecule has 2 atom stereocenters. The SMILES string of the molecule is C=C(C)C(F)Oc1ccc(N=C2C(=O)N(c3ccc(N4CCCCC4=O)cc3)CCC2C(=N)C(N)=O)cc1. The molecule has 198 valence electrons. The lowest BCUT2D eigenvalue weighted by Gasteiger charge is -2.33. The van der Waals surface area contributed by atoms with Gasteiger partial charge in [-0.2, -0.15) is 4.39 Å². The fourth-order valence-electron chi connectivity index (χ4n) is 4.46. The lowest BCUT2D eigenvalue weighted by atomic mass is 9.88. The van der Waals surface area contributed by atoms with Crippen LogP contribution in [0.2, 0.25) is 0 Å². The minimum absolute atomic E-state index is 0.00862. The number of piperidine rings is 2. The van der Waals surface area contributed by atoms with Gasteiger partial charge in [0.05, 0.1) is 11.6 Å². The van der Waals surface area contributed by atoms with Crippen molar-refractivity contribution in [2.75, 3.05) is 22.9 Å². The van der Waals surface area contributed by atoms with Crippen LogP contribution >= 0.6 is 0 Å². The van der Waals surface area contributed by atoms with E-state index in [1.807, 2.05) is 12.1 Å². The van der Waals surface area contributed by atoms with Crippen molar-refractivity contribution in [3.05, 3.63) is 60.7 Å². The third-order valence-corrected chi connectivity index (χ3v) is 6.56. The molecule has 3 amide bonds. The van der Waals surface area contributed by atoms with E-state index in [0.29, 0.717) is 24.3 Å². The van der Waals surface area contributed by atoms with Crippen LogP contribution in [-0.4, -0.2) is 48.6 Å². The van der Waals surface area contributed by atoms with Gasteiger partial charge in [0.15, 0.2) is 0 Å². The second kappa shape index (κ2) is 11.4. The fraction of sp³-hybridized carbons (Fsp3) is 0.321. The second-order valence-electron chi connectivity index (χ2n) is 9.37. The zero-order valence-electron chi connectivity index (χ0n) is 21.2. The van der Waals surface area contributed by atoms with Gasteiger partial charge >= 0.3 is 0 Å². The number of rotatable bonds is 8.